The number of carbonyl (C=O) groups excluding carboxylic acids is 4. The average molecular weight is 328 g/mol. The molecular formula is C18H20N2O4. The lowest BCUT2D eigenvalue weighted by Gasteiger charge is -2.17. The zero-order valence-corrected chi connectivity index (χ0v) is 13.6. The summed E-state index contributed by atoms with van der Waals surface area (Å²) in [6.07, 6.45) is 1.27. The average Bonchev–Trinajstić information content (AvgIpc) is 2.56. The lowest BCUT2D eigenvalue weighted by molar-refractivity contribution is -0.125. The van der Waals surface area contributed by atoms with Crippen LogP contribution in [0.1, 0.15) is 52.5 Å². The maximum absolute atomic E-state index is 12.1. The molecule has 0 aliphatic carbocycles. The smallest absolute Gasteiger partial charge is 0.256 e. The van der Waals surface area contributed by atoms with E-state index in [1.54, 1.807) is 12.1 Å². The first-order valence-electron chi connectivity index (χ1n) is 7.88. The topological polar surface area (TPSA) is 92.3 Å². The number of fused-ring (bicyclic) bond motifs is 1. The molecule has 24 heavy (non-hydrogen) atoms. The third-order valence-electron chi connectivity index (χ3n) is 3.72. The fraction of sp³-hybridized carbons (Fsp3) is 0.333. The van der Waals surface area contributed by atoms with Gasteiger partial charge < -0.3 is 10.6 Å². The summed E-state index contributed by atoms with van der Waals surface area (Å²) in [5.74, 6) is -0.954. The van der Waals surface area contributed by atoms with Crippen LogP contribution in [0, 0.1) is 0 Å². The van der Waals surface area contributed by atoms with Gasteiger partial charge in [-0.15, -0.1) is 0 Å². The van der Waals surface area contributed by atoms with E-state index in [2.05, 4.69) is 17.2 Å². The minimum atomic E-state index is -0.375. The molecule has 0 bridgehead atoms. The summed E-state index contributed by atoms with van der Waals surface area (Å²) in [6, 6.07) is 4.73. The van der Waals surface area contributed by atoms with Crippen molar-refractivity contribution in [1.82, 2.24) is 10.6 Å². The number of benzene rings is 1. The standard InChI is InChI=1S/C18H20N2O4/c1-3-8-19-16(22)7-5-13(21)9-12-4-6-14-15(10-12)17(23)11(2)20-18(14)24/h4,6,10H,2-3,5,7-9H2,1H3,(H,19,22)(H,20,24). The Kier molecular flexibility index (Phi) is 5.63. The van der Waals surface area contributed by atoms with Crippen molar-refractivity contribution in [3.63, 3.8) is 0 Å². The van der Waals surface area contributed by atoms with Crippen LogP contribution in [0.4, 0.5) is 0 Å². The highest BCUT2D eigenvalue weighted by molar-refractivity contribution is 6.20. The monoisotopic (exact) mass is 328 g/mol. The maximum atomic E-state index is 12.1. The molecule has 1 aromatic carbocycles. The van der Waals surface area contributed by atoms with Crippen LogP contribution < -0.4 is 10.6 Å². The first-order valence-corrected chi connectivity index (χ1v) is 7.88. The second-order valence-corrected chi connectivity index (χ2v) is 5.71. The molecule has 1 aliphatic heterocycles. The van der Waals surface area contributed by atoms with Crippen LogP contribution in [0.3, 0.4) is 0 Å². The third kappa shape index (κ3) is 4.16. The van der Waals surface area contributed by atoms with E-state index < -0.39 is 0 Å². The molecule has 1 aliphatic rings. The van der Waals surface area contributed by atoms with Gasteiger partial charge in [0.15, 0.2) is 0 Å². The molecule has 0 unspecified atom stereocenters. The number of ketones is 2. The number of Topliss-reactive ketones (excluding diaryl/α,β-unsaturated/α-hetero) is 2. The lowest BCUT2D eigenvalue weighted by Crippen LogP contribution is -2.34. The van der Waals surface area contributed by atoms with Crippen LogP contribution in [0.2, 0.25) is 0 Å². The van der Waals surface area contributed by atoms with Crippen molar-refractivity contribution in [2.45, 2.75) is 32.6 Å². The van der Waals surface area contributed by atoms with Gasteiger partial charge in [-0.2, -0.15) is 0 Å². The molecule has 0 saturated carbocycles. The second kappa shape index (κ2) is 7.68. The van der Waals surface area contributed by atoms with Crippen molar-refractivity contribution >= 4 is 23.4 Å². The summed E-state index contributed by atoms with van der Waals surface area (Å²) in [5, 5.41) is 5.12. The van der Waals surface area contributed by atoms with Gasteiger partial charge in [0, 0.05) is 31.4 Å². The largest absolute Gasteiger partial charge is 0.356 e. The van der Waals surface area contributed by atoms with Crippen LogP contribution in [0.5, 0.6) is 0 Å². The zero-order chi connectivity index (χ0) is 17.7. The Hall–Kier alpha value is -2.76. The predicted molar refractivity (Wildman–Crippen MR) is 88.6 cm³/mol. The van der Waals surface area contributed by atoms with E-state index in [0.717, 1.165) is 6.42 Å². The van der Waals surface area contributed by atoms with Gasteiger partial charge >= 0.3 is 0 Å². The van der Waals surface area contributed by atoms with Gasteiger partial charge in [-0.25, -0.2) is 0 Å². The van der Waals surface area contributed by atoms with Crippen LogP contribution in [-0.2, 0) is 16.0 Å². The zero-order valence-electron chi connectivity index (χ0n) is 13.6. The molecule has 6 nitrogen and oxygen atoms in total. The molecule has 6 heteroatoms. The van der Waals surface area contributed by atoms with Gasteiger partial charge in [0.2, 0.25) is 11.7 Å². The summed E-state index contributed by atoms with van der Waals surface area (Å²) in [5.41, 5.74) is 1.21. The third-order valence-corrected chi connectivity index (χ3v) is 3.72. The second-order valence-electron chi connectivity index (χ2n) is 5.71. The number of amides is 2. The molecule has 2 rings (SSSR count). The highest BCUT2D eigenvalue weighted by Crippen LogP contribution is 2.20. The van der Waals surface area contributed by atoms with E-state index in [-0.39, 0.29) is 59.5 Å². The van der Waals surface area contributed by atoms with Crippen LogP contribution in [0.25, 0.3) is 0 Å². The van der Waals surface area contributed by atoms with Crippen molar-refractivity contribution in [3.05, 3.63) is 47.2 Å². The van der Waals surface area contributed by atoms with Crippen LogP contribution in [-0.4, -0.2) is 29.9 Å². The molecule has 2 N–H and O–H groups in total. The summed E-state index contributed by atoms with van der Waals surface area (Å²) in [7, 11) is 0. The number of allylic oxidation sites excluding steroid dienone is 1. The SMILES string of the molecule is C=C1NC(=O)c2ccc(CC(=O)CCC(=O)NCCC)cc2C1=O. The highest BCUT2D eigenvalue weighted by Gasteiger charge is 2.26. The summed E-state index contributed by atoms with van der Waals surface area (Å²) in [4.78, 5) is 47.4. The fourth-order valence-electron chi connectivity index (χ4n) is 2.43. The van der Waals surface area contributed by atoms with E-state index in [9.17, 15) is 19.2 Å². The molecule has 0 aromatic heterocycles. The van der Waals surface area contributed by atoms with Crippen molar-refractivity contribution < 1.29 is 19.2 Å². The molecule has 126 valence electrons. The quantitative estimate of drug-likeness (QED) is 0.743. The molecule has 0 fully saturated rings. The van der Waals surface area contributed by atoms with Crippen molar-refractivity contribution in [3.8, 4) is 0 Å². The minimum absolute atomic E-state index is 0.0311. The molecular weight excluding hydrogens is 308 g/mol. The van der Waals surface area contributed by atoms with E-state index in [1.165, 1.54) is 6.07 Å². The van der Waals surface area contributed by atoms with Crippen LogP contribution in [0.15, 0.2) is 30.5 Å². The molecule has 0 radical (unpaired) electrons. The molecule has 0 atom stereocenters. The van der Waals surface area contributed by atoms with E-state index in [0.29, 0.717) is 12.1 Å². The van der Waals surface area contributed by atoms with Gasteiger partial charge in [0.25, 0.3) is 5.91 Å². The Balaban J connectivity index is 2.00. The minimum Gasteiger partial charge on any atom is -0.356 e. The Morgan fingerprint density at radius 1 is 1.17 bits per heavy atom. The predicted octanol–water partition coefficient (Wildman–Crippen LogP) is 1.54. The van der Waals surface area contributed by atoms with Gasteiger partial charge in [-0.3, -0.25) is 19.2 Å². The molecule has 1 heterocycles. The molecule has 0 saturated heterocycles. The van der Waals surface area contributed by atoms with E-state index in [4.69, 9.17) is 0 Å². The molecule has 1 aromatic rings. The van der Waals surface area contributed by atoms with Crippen molar-refractivity contribution in [2.24, 2.45) is 0 Å². The Morgan fingerprint density at radius 2 is 1.92 bits per heavy atom. The summed E-state index contributed by atoms with van der Waals surface area (Å²) < 4.78 is 0. The normalized spacial score (nSPS) is 13.3. The summed E-state index contributed by atoms with van der Waals surface area (Å²) in [6.45, 7) is 6.07. The highest BCUT2D eigenvalue weighted by atomic mass is 16.2. The first kappa shape index (κ1) is 17.6. The first-order chi connectivity index (χ1) is 11.4. The number of hydrogen-bond donors (Lipinski definition) is 2. The number of nitrogens with one attached hydrogen (secondary N) is 2. The lowest BCUT2D eigenvalue weighted by atomic mass is 9.93. The van der Waals surface area contributed by atoms with Crippen molar-refractivity contribution in [2.75, 3.05) is 6.54 Å². The number of carbonyl (C=O) groups is 4. The van der Waals surface area contributed by atoms with Crippen molar-refractivity contribution in [1.29, 1.82) is 0 Å². The summed E-state index contributed by atoms with van der Waals surface area (Å²) >= 11 is 0. The van der Waals surface area contributed by atoms with Gasteiger partial charge in [0.05, 0.1) is 11.3 Å². The van der Waals surface area contributed by atoms with E-state index >= 15 is 0 Å². The van der Waals surface area contributed by atoms with Crippen LogP contribution >= 0.6 is 0 Å². The Labute approximate surface area is 140 Å². The number of hydrogen-bond acceptors (Lipinski definition) is 4. The molecule has 2 amide bonds. The maximum Gasteiger partial charge on any atom is 0.256 e. The van der Waals surface area contributed by atoms with Gasteiger partial charge in [-0.1, -0.05) is 19.6 Å². The Bertz CT molecular complexity index is 722. The Morgan fingerprint density at radius 3 is 2.62 bits per heavy atom. The van der Waals surface area contributed by atoms with E-state index in [1.807, 2.05) is 6.92 Å². The number of rotatable bonds is 7. The van der Waals surface area contributed by atoms with Gasteiger partial charge in [0.1, 0.15) is 5.78 Å². The molecule has 0 spiro atoms. The fourth-order valence-corrected chi connectivity index (χ4v) is 2.43. The van der Waals surface area contributed by atoms with Gasteiger partial charge in [-0.05, 0) is 24.1 Å².